The van der Waals surface area contributed by atoms with Gasteiger partial charge in [0.2, 0.25) is 5.91 Å². The maximum atomic E-state index is 12.2. The SMILES string of the molecule is COc1cccc(CC2(C(N)=O)CN(c3noc(-c4ccccc4)n3)C2)c1. The number of carbonyl (C=O) groups excluding carboxylic acids is 1. The van der Waals surface area contributed by atoms with Gasteiger partial charge in [0.1, 0.15) is 5.75 Å². The molecule has 1 aromatic heterocycles. The first-order valence-electron chi connectivity index (χ1n) is 8.67. The van der Waals surface area contributed by atoms with E-state index >= 15 is 0 Å². The number of primary amides is 1. The van der Waals surface area contributed by atoms with Crippen molar-refractivity contribution >= 4 is 11.9 Å². The minimum absolute atomic E-state index is 0.326. The van der Waals surface area contributed by atoms with Crippen LogP contribution in [0.3, 0.4) is 0 Å². The Labute approximate surface area is 156 Å². The van der Waals surface area contributed by atoms with Crippen molar-refractivity contribution in [2.75, 3.05) is 25.1 Å². The van der Waals surface area contributed by atoms with Crippen LogP contribution in [0.25, 0.3) is 11.5 Å². The van der Waals surface area contributed by atoms with Gasteiger partial charge in [0, 0.05) is 18.7 Å². The Kier molecular flexibility index (Phi) is 4.27. The largest absolute Gasteiger partial charge is 0.497 e. The molecule has 7 nitrogen and oxygen atoms in total. The molecule has 0 bridgehead atoms. The van der Waals surface area contributed by atoms with E-state index in [2.05, 4.69) is 10.1 Å². The van der Waals surface area contributed by atoms with E-state index in [0.29, 0.717) is 31.3 Å². The van der Waals surface area contributed by atoms with Gasteiger partial charge in [-0.15, -0.1) is 0 Å². The summed E-state index contributed by atoms with van der Waals surface area (Å²) in [6.45, 7) is 0.903. The third-order valence-electron chi connectivity index (χ3n) is 4.91. The lowest BCUT2D eigenvalue weighted by molar-refractivity contribution is -0.129. The van der Waals surface area contributed by atoms with Gasteiger partial charge in [-0.2, -0.15) is 4.98 Å². The first-order valence-corrected chi connectivity index (χ1v) is 8.67. The van der Waals surface area contributed by atoms with Crippen LogP contribution in [0.4, 0.5) is 5.95 Å². The van der Waals surface area contributed by atoms with E-state index < -0.39 is 5.41 Å². The van der Waals surface area contributed by atoms with Gasteiger partial charge in [0.15, 0.2) is 0 Å². The van der Waals surface area contributed by atoms with Gasteiger partial charge in [-0.3, -0.25) is 4.79 Å². The summed E-state index contributed by atoms with van der Waals surface area (Å²) in [5.74, 6) is 1.36. The van der Waals surface area contributed by atoms with E-state index in [9.17, 15) is 4.79 Å². The van der Waals surface area contributed by atoms with Crippen LogP contribution >= 0.6 is 0 Å². The number of benzene rings is 2. The van der Waals surface area contributed by atoms with E-state index in [0.717, 1.165) is 16.9 Å². The maximum absolute atomic E-state index is 12.2. The van der Waals surface area contributed by atoms with E-state index in [-0.39, 0.29) is 5.91 Å². The van der Waals surface area contributed by atoms with Crippen molar-refractivity contribution in [1.29, 1.82) is 0 Å². The lowest BCUT2D eigenvalue weighted by Crippen LogP contribution is -2.64. The molecule has 3 aromatic rings. The van der Waals surface area contributed by atoms with E-state index in [4.69, 9.17) is 15.0 Å². The third kappa shape index (κ3) is 3.23. The molecule has 2 N–H and O–H groups in total. The summed E-state index contributed by atoms with van der Waals surface area (Å²) < 4.78 is 10.6. The highest BCUT2D eigenvalue weighted by Crippen LogP contribution is 2.37. The minimum Gasteiger partial charge on any atom is -0.497 e. The number of carbonyl (C=O) groups is 1. The van der Waals surface area contributed by atoms with Crippen LogP contribution in [0.1, 0.15) is 5.56 Å². The third-order valence-corrected chi connectivity index (χ3v) is 4.91. The minimum atomic E-state index is -0.653. The zero-order chi connectivity index (χ0) is 18.9. The highest BCUT2D eigenvalue weighted by Gasteiger charge is 2.49. The molecule has 0 radical (unpaired) electrons. The number of aromatic nitrogens is 2. The lowest BCUT2D eigenvalue weighted by Gasteiger charge is -2.47. The predicted molar refractivity (Wildman–Crippen MR) is 100 cm³/mol. The van der Waals surface area contributed by atoms with E-state index in [1.54, 1.807) is 7.11 Å². The summed E-state index contributed by atoms with van der Waals surface area (Å²) in [5, 5.41) is 4.04. The second kappa shape index (κ2) is 6.75. The van der Waals surface area contributed by atoms with Crippen molar-refractivity contribution in [3.8, 4) is 17.2 Å². The average molecular weight is 364 g/mol. The van der Waals surface area contributed by atoms with Gasteiger partial charge in [-0.1, -0.05) is 30.3 Å². The van der Waals surface area contributed by atoms with Crippen molar-refractivity contribution in [3.63, 3.8) is 0 Å². The number of nitrogens with zero attached hydrogens (tertiary/aromatic N) is 3. The Morgan fingerprint density at radius 3 is 2.70 bits per heavy atom. The predicted octanol–water partition coefficient (Wildman–Crippen LogP) is 2.28. The molecule has 1 amide bonds. The molecule has 0 unspecified atom stereocenters. The second-order valence-corrected chi connectivity index (χ2v) is 6.79. The van der Waals surface area contributed by atoms with Gasteiger partial charge < -0.3 is 19.9 Å². The fraction of sp³-hybridized carbons (Fsp3) is 0.250. The van der Waals surface area contributed by atoms with Crippen LogP contribution in [0.15, 0.2) is 59.1 Å². The Bertz CT molecular complexity index is 949. The zero-order valence-corrected chi connectivity index (χ0v) is 15.0. The fourth-order valence-corrected chi connectivity index (χ4v) is 3.40. The normalized spacial score (nSPS) is 15.2. The van der Waals surface area contributed by atoms with Gasteiger partial charge in [0.25, 0.3) is 11.8 Å². The van der Waals surface area contributed by atoms with Crippen LogP contribution in [0, 0.1) is 5.41 Å². The number of hydrogen-bond donors (Lipinski definition) is 1. The smallest absolute Gasteiger partial charge is 0.266 e. The van der Waals surface area contributed by atoms with Gasteiger partial charge >= 0.3 is 0 Å². The number of hydrogen-bond acceptors (Lipinski definition) is 6. The van der Waals surface area contributed by atoms with Crippen LogP contribution in [0.2, 0.25) is 0 Å². The number of amides is 1. The molecule has 2 aromatic carbocycles. The summed E-state index contributed by atoms with van der Waals surface area (Å²) in [5.41, 5.74) is 6.94. The Hall–Kier alpha value is -3.35. The van der Waals surface area contributed by atoms with Crippen molar-refractivity contribution in [2.45, 2.75) is 6.42 Å². The standard InChI is InChI=1S/C20H20N4O3/c1-26-16-9-5-6-14(10-16)11-20(18(21)25)12-24(13-20)19-22-17(27-23-19)15-7-3-2-4-8-15/h2-10H,11-13H2,1H3,(H2,21,25). The van der Waals surface area contributed by atoms with Crippen molar-refractivity contribution in [2.24, 2.45) is 11.1 Å². The topological polar surface area (TPSA) is 94.5 Å². The molecule has 7 heteroatoms. The molecule has 4 rings (SSSR count). The van der Waals surface area contributed by atoms with Crippen LogP contribution in [0.5, 0.6) is 5.75 Å². The number of methoxy groups -OCH3 is 1. The van der Waals surface area contributed by atoms with Crippen molar-refractivity contribution in [3.05, 3.63) is 60.2 Å². The van der Waals surface area contributed by atoms with Crippen LogP contribution < -0.4 is 15.4 Å². The van der Waals surface area contributed by atoms with Crippen LogP contribution in [-0.2, 0) is 11.2 Å². The van der Waals surface area contributed by atoms with Gasteiger partial charge in [-0.25, -0.2) is 0 Å². The fourth-order valence-electron chi connectivity index (χ4n) is 3.40. The van der Waals surface area contributed by atoms with Gasteiger partial charge in [0.05, 0.1) is 12.5 Å². The molecule has 0 saturated carbocycles. The average Bonchev–Trinajstić information content (AvgIpc) is 3.14. The first kappa shape index (κ1) is 17.1. The quantitative estimate of drug-likeness (QED) is 0.721. The summed E-state index contributed by atoms with van der Waals surface area (Å²) in [6.07, 6.45) is 0.541. The van der Waals surface area contributed by atoms with E-state index in [1.165, 1.54) is 0 Å². The molecule has 0 aliphatic carbocycles. The molecule has 1 aliphatic heterocycles. The monoisotopic (exact) mass is 364 g/mol. The van der Waals surface area contributed by atoms with Crippen LogP contribution in [-0.4, -0.2) is 36.2 Å². The van der Waals surface area contributed by atoms with Crippen molar-refractivity contribution < 1.29 is 14.1 Å². The summed E-state index contributed by atoms with van der Waals surface area (Å²) in [7, 11) is 1.62. The molecular weight excluding hydrogens is 344 g/mol. The number of rotatable bonds is 6. The highest BCUT2D eigenvalue weighted by atomic mass is 16.5. The van der Waals surface area contributed by atoms with E-state index in [1.807, 2.05) is 59.5 Å². The molecular formula is C20H20N4O3. The number of anilines is 1. The second-order valence-electron chi connectivity index (χ2n) is 6.79. The summed E-state index contributed by atoms with van der Waals surface area (Å²) in [4.78, 5) is 18.5. The Morgan fingerprint density at radius 1 is 1.22 bits per heavy atom. The summed E-state index contributed by atoms with van der Waals surface area (Å²) in [6, 6.07) is 17.2. The molecule has 0 spiro atoms. The first-order chi connectivity index (χ1) is 13.1. The molecule has 27 heavy (non-hydrogen) atoms. The molecule has 1 aliphatic rings. The summed E-state index contributed by atoms with van der Waals surface area (Å²) >= 11 is 0. The molecule has 2 heterocycles. The van der Waals surface area contributed by atoms with Gasteiger partial charge in [-0.05, 0) is 41.4 Å². The molecule has 1 fully saturated rings. The highest BCUT2D eigenvalue weighted by molar-refractivity contribution is 5.84. The van der Waals surface area contributed by atoms with Crippen molar-refractivity contribution in [1.82, 2.24) is 10.1 Å². The molecule has 1 saturated heterocycles. The zero-order valence-electron chi connectivity index (χ0n) is 15.0. The molecule has 0 atom stereocenters. The number of ether oxygens (including phenoxy) is 1. The lowest BCUT2D eigenvalue weighted by atomic mass is 9.74. The molecule has 138 valence electrons. The maximum Gasteiger partial charge on any atom is 0.266 e. The Morgan fingerprint density at radius 2 is 2.00 bits per heavy atom. The Balaban J connectivity index is 1.49. The number of nitrogens with two attached hydrogens (primary N) is 1.